The van der Waals surface area contributed by atoms with Gasteiger partial charge < -0.3 is 0 Å². The van der Waals surface area contributed by atoms with Crippen LogP contribution in [-0.2, 0) is 4.79 Å². The Kier molecular flexibility index (Phi) is 4.93. The lowest BCUT2D eigenvalue weighted by atomic mass is 10.1. The van der Waals surface area contributed by atoms with Gasteiger partial charge in [-0.3, -0.25) is 4.79 Å². The zero-order valence-electron chi connectivity index (χ0n) is 13.3. The third kappa shape index (κ3) is 3.48. The molecule has 3 aromatic rings. The quantitative estimate of drug-likeness (QED) is 0.641. The Morgan fingerprint density at radius 2 is 2.12 bits per heavy atom. The van der Waals surface area contributed by atoms with Gasteiger partial charge in [-0.2, -0.15) is 5.26 Å². The van der Waals surface area contributed by atoms with Crippen LogP contribution in [0.5, 0.6) is 0 Å². The maximum Gasteiger partial charge on any atom is 0.167 e. The van der Waals surface area contributed by atoms with Crippen molar-refractivity contribution >= 4 is 39.8 Å². The molecule has 2 aromatic heterocycles. The first kappa shape index (κ1) is 16.6. The first-order chi connectivity index (χ1) is 11.6. The van der Waals surface area contributed by atoms with Gasteiger partial charge in [-0.15, -0.1) is 11.3 Å². The summed E-state index contributed by atoms with van der Waals surface area (Å²) in [5, 5.41) is 13.7. The predicted molar refractivity (Wildman–Crippen MR) is 97.4 cm³/mol. The number of nitrogens with zero attached hydrogens (tertiary/aromatic N) is 3. The van der Waals surface area contributed by atoms with E-state index >= 15 is 0 Å². The SMILES string of the molecule is Cc1csc(C(C#N)C(=O)CSc2cc(C)c3ccccc3n2)n1. The van der Waals surface area contributed by atoms with Gasteiger partial charge in [0.25, 0.3) is 0 Å². The van der Waals surface area contributed by atoms with Crippen molar-refractivity contribution in [3.63, 3.8) is 0 Å². The van der Waals surface area contributed by atoms with E-state index in [0.717, 1.165) is 27.2 Å². The summed E-state index contributed by atoms with van der Waals surface area (Å²) >= 11 is 2.73. The number of thioether (sulfide) groups is 1. The van der Waals surface area contributed by atoms with E-state index in [1.54, 1.807) is 0 Å². The molecule has 0 aliphatic heterocycles. The molecule has 0 fully saturated rings. The van der Waals surface area contributed by atoms with Gasteiger partial charge in [-0.05, 0) is 31.5 Å². The number of carbonyl (C=O) groups excluding carboxylic acids is 1. The second-order valence-corrected chi connectivity index (χ2v) is 7.32. The number of para-hydroxylation sites is 1. The predicted octanol–water partition coefficient (Wildman–Crippen LogP) is 4.28. The molecule has 0 amide bonds. The van der Waals surface area contributed by atoms with Crippen LogP contribution in [0.3, 0.4) is 0 Å². The molecule has 0 bridgehead atoms. The van der Waals surface area contributed by atoms with Crippen LogP contribution in [0.1, 0.15) is 22.2 Å². The number of ketones is 1. The third-order valence-electron chi connectivity index (χ3n) is 3.60. The fourth-order valence-electron chi connectivity index (χ4n) is 2.39. The van der Waals surface area contributed by atoms with E-state index in [9.17, 15) is 10.1 Å². The van der Waals surface area contributed by atoms with E-state index in [1.165, 1.54) is 23.1 Å². The number of nitriles is 1. The Bertz CT molecular complexity index is 943. The minimum atomic E-state index is -0.794. The average Bonchev–Trinajstić information content (AvgIpc) is 3.00. The van der Waals surface area contributed by atoms with Crippen LogP contribution >= 0.6 is 23.1 Å². The molecule has 1 atom stereocenters. The number of Topliss-reactive ketones (excluding diaryl/α,β-unsaturated/α-hetero) is 1. The van der Waals surface area contributed by atoms with Crippen molar-refractivity contribution in [3.8, 4) is 6.07 Å². The van der Waals surface area contributed by atoms with Crippen molar-refractivity contribution in [1.29, 1.82) is 5.26 Å². The van der Waals surface area contributed by atoms with E-state index in [2.05, 4.69) is 16.0 Å². The summed E-state index contributed by atoms with van der Waals surface area (Å²) in [6, 6.07) is 12.0. The summed E-state index contributed by atoms with van der Waals surface area (Å²) in [5.74, 6) is -0.719. The number of hydrogen-bond donors (Lipinski definition) is 0. The van der Waals surface area contributed by atoms with Crippen LogP contribution in [0.15, 0.2) is 40.7 Å². The molecule has 1 unspecified atom stereocenters. The van der Waals surface area contributed by atoms with Crippen LogP contribution < -0.4 is 0 Å². The molecule has 0 spiro atoms. The number of hydrogen-bond acceptors (Lipinski definition) is 6. The molecule has 120 valence electrons. The van der Waals surface area contributed by atoms with Crippen LogP contribution in [0.4, 0.5) is 0 Å². The number of fused-ring (bicyclic) bond motifs is 1. The number of thiazole rings is 1. The molecule has 3 rings (SSSR count). The number of aryl methyl sites for hydroxylation is 2. The number of rotatable bonds is 5. The molecule has 0 saturated heterocycles. The summed E-state index contributed by atoms with van der Waals surface area (Å²) in [6.45, 7) is 3.89. The van der Waals surface area contributed by atoms with Crippen LogP contribution in [0, 0.1) is 25.2 Å². The number of benzene rings is 1. The molecule has 0 saturated carbocycles. The Morgan fingerprint density at radius 3 is 2.83 bits per heavy atom. The minimum Gasteiger partial charge on any atom is -0.297 e. The summed E-state index contributed by atoms with van der Waals surface area (Å²) in [7, 11) is 0. The van der Waals surface area contributed by atoms with Crippen LogP contribution in [-0.4, -0.2) is 21.5 Å². The van der Waals surface area contributed by atoms with Crippen molar-refractivity contribution in [2.75, 3.05) is 5.75 Å². The van der Waals surface area contributed by atoms with Crippen molar-refractivity contribution in [1.82, 2.24) is 9.97 Å². The summed E-state index contributed by atoms with van der Waals surface area (Å²) < 4.78 is 0. The fraction of sp³-hybridized carbons (Fsp3) is 0.222. The van der Waals surface area contributed by atoms with Gasteiger partial charge in [0.05, 0.1) is 22.4 Å². The molecule has 0 aliphatic carbocycles. The van der Waals surface area contributed by atoms with Crippen molar-refractivity contribution < 1.29 is 4.79 Å². The van der Waals surface area contributed by atoms with Crippen LogP contribution in [0.2, 0.25) is 0 Å². The maximum absolute atomic E-state index is 12.4. The fourth-order valence-corrected chi connectivity index (χ4v) is 4.13. The lowest BCUT2D eigenvalue weighted by molar-refractivity contribution is -0.116. The molecule has 0 N–H and O–H groups in total. The second kappa shape index (κ2) is 7.12. The second-order valence-electron chi connectivity index (χ2n) is 5.44. The van der Waals surface area contributed by atoms with Gasteiger partial charge in [0.1, 0.15) is 5.01 Å². The van der Waals surface area contributed by atoms with Gasteiger partial charge in [-0.1, -0.05) is 30.0 Å². The zero-order valence-corrected chi connectivity index (χ0v) is 14.9. The molecule has 1 aromatic carbocycles. The third-order valence-corrected chi connectivity index (χ3v) is 5.56. The summed E-state index contributed by atoms with van der Waals surface area (Å²) in [6.07, 6.45) is 0. The van der Waals surface area contributed by atoms with E-state index < -0.39 is 5.92 Å². The molecule has 2 heterocycles. The van der Waals surface area contributed by atoms with E-state index in [1.807, 2.05) is 49.6 Å². The molecule has 0 aliphatic rings. The van der Waals surface area contributed by atoms with Crippen LogP contribution in [0.25, 0.3) is 10.9 Å². The van der Waals surface area contributed by atoms with Crippen molar-refractivity contribution in [2.45, 2.75) is 24.8 Å². The van der Waals surface area contributed by atoms with E-state index in [-0.39, 0.29) is 11.5 Å². The van der Waals surface area contributed by atoms with E-state index in [0.29, 0.717) is 5.01 Å². The number of carbonyl (C=O) groups is 1. The Labute approximate surface area is 148 Å². The smallest absolute Gasteiger partial charge is 0.167 e. The molecule has 4 nitrogen and oxygen atoms in total. The normalized spacial score (nSPS) is 12.0. The standard InChI is InChI=1S/C18H15N3OS2/c1-11-7-17(21-15-6-4-3-5-13(11)15)23-10-16(22)14(8-19)18-20-12(2)9-24-18/h3-7,9,14H,10H2,1-2H3. The average molecular weight is 353 g/mol. The first-order valence-electron chi connectivity index (χ1n) is 7.42. The highest BCUT2D eigenvalue weighted by molar-refractivity contribution is 7.99. The van der Waals surface area contributed by atoms with Gasteiger partial charge in [0, 0.05) is 16.5 Å². The molecule has 6 heteroatoms. The molecule has 0 radical (unpaired) electrons. The number of pyridine rings is 1. The molecular formula is C18H15N3OS2. The molecular weight excluding hydrogens is 338 g/mol. The van der Waals surface area contributed by atoms with Gasteiger partial charge >= 0.3 is 0 Å². The highest BCUT2D eigenvalue weighted by atomic mass is 32.2. The van der Waals surface area contributed by atoms with Gasteiger partial charge in [0.15, 0.2) is 11.7 Å². The van der Waals surface area contributed by atoms with Crippen molar-refractivity contribution in [3.05, 3.63) is 52.0 Å². The summed E-state index contributed by atoms with van der Waals surface area (Å²) in [5.41, 5.74) is 2.88. The highest BCUT2D eigenvalue weighted by Gasteiger charge is 2.23. The van der Waals surface area contributed by atoms with Gasteiger partial charge in [0.2, 0.25) is 0 Å². The minimum absolute atomic E-state index is 0.135. The Balaban J connectivity index is 1.75. The molecule has 24 heavy (non-hydrogen) atoms. The monoisotopic (exact) mass is 353 g/mol. The van der Waals surface area contributed by atoms with E-state index in [4.69, 9.17) is 0 Å². The lowest BCUT2D eigenvalue weighted by Crippen LogP contribution is -2.13. The Hall–Kier alpha value is -2.23. The number of aromatic nitrogens is 2. The van der Waals surface area contributed by atoms with Gasteiger partial charge in [-0.25, -0.2) is 9.97 Å². The maximum atomic E-state index is 12.4. The summed E-state index contributed by atoms with van der Waals surface area (Å²) in [4.78, 5) is 21.2. The first-order valence-corrected chi connectivity index (χ1v) is 9.28. The van der Waals surface area contributed by atoms with Crippen molar-refractivity contribution in [2.24, 2.45) is 0 Å². The largest absolute Gasteiger partial charge is 0.297 e. The Morgan fingerprint density at radius 1 is 1.33 bits per heavy atom. The lowest BCUT2D eigenvalue weighted by Gasteiger charge is -2.07. The zero-order chi connectivity index (χ0) is 17.1. The topological polar surface area (TPSA) is 66.6 Å². The highest BCUT2D eigenvalue weighted by Crippen LogP contribution is 2.26.